The molecule has 29 heavy (non-hydrogen) atoms. The zero-order chi connectivity index (χ0) is 19.6. The molecule has 1 atom stereocenters. The van der Waals surface area contributed by atoms with Crippen LogP contribution in [0.3, 0.4) is 0 Å². The van der Waals surface area contributed by atoms with E-state index in [2.05, 4.69) is 25.1 Å². The Kier molecular flexibility index (Phi) is 4.91. The first kappa shape index (κ1) is 18.1. The molecule has 0 saturated heterocycles. The van der Waals surface area contributed by atoms with Crippen LogP contribution in [0.15, 0.2) is 29.0 Å². The van der Waals surface area contributed by atoms with E-state index in [1.807, 2.05) is 6.20 Å². The maximum absolute atomic E-state index is 12.7. The molecular formula is C21H26N6O2. The van der Waals surface area contributed by atoms with Gasteiger partial charge in [-0.15, -0.1) is 5.10 Å². The Balaban J connectivity index is 1.18. The number of carbonyl (C=O) groups is 1. The molecule has 1 amide bonds. The van der Waals surface area contributed by atoms with Gasteiger partial charge in [-0.3, -0.25) is 9.89 Å². The second-order valence-corrected chi connectivity index (χ2v) is 8.08. The number of imidazole rings is 1. The van der Waals surface area contributed by atoms with E-state index in [1.54, 1.807) is 18.4 Å². The molecule has 0 unspecified atom stereocenters. The number of rotatable bonds is 5. The van der Waals surface area contributed by atoms with Gasteiger partial charge in [0, 0.05) is 36.7 Å². The number of furan rings is 1. The number of aromatic nitrogens is 5. The molecule has 1 saturated carbocycles. The predicted octanol–water partition coefficient (Wildman–Crippen LogP) is 3.19. The molecule has 3 aromatic heterocycles. The highest BCUT2D eigenvalue weighted by Crippen LogP contribution is 2.34. The van der Waals surface area contributed by atoms with E-state index in [0.717, 1.165) is 19.4 Å². The molecule has 0 bridgehead atoms. The minimum atomic E-state index is -0.0223. The maximum Gasteiger partial charge on any atom is 0.223 e. The van der Waals surface area contributed by atoms with Crippen LogP contribution in [0.1, 0.15) is 61.8 Å². The van der Waals surface area contributed by atoms with Gasteiger partial charge in [0.05, 0.1) is 12.8 Å². The summed E-state index contributed by atoms with van der Waals surface area (Å²) in [6.45, 7) is 1.21. The van der Waals surface area contributed by atoms with Crippen LogP contribution in [-0.2, 0) is 24.3 Å². The summed E-state index contributed by atoms with van der Waals surface area (Å²) in [6, 6.07) is 3.60. The summed E-state index contributed by atoms with van der Waals surface area (Å²) in [5.41, 5.74) is 1.19. The number of hydrogen-bond donors (Lipinski definition) is 2. The smallest absolute Gasteiger partial charge is 0.223 e. The number of nitrogens with zero attached hydrogens (tertiary/aromatic N) is 4. The van der Waals surface area contributed by atoms with Gasteiger partial charge >= 0.3 is 0 Å². The highest BCUT2D eigenvalue weighted by molar-refractivity contribution is 5.79. The Labute approximate surface area is 169 Å². The lowest BCUT2D eigenvalue weighted by Crippen LogP contribution is -2.35. The fraction of sp³-hybridized carbons (Fsp3) is 0.524. The van der Waals surface area contributed by atoms with Gasteiger partial charge in [0.2, 0.25) is 11.7 Å². The Hall–Kier alpha value is -2.90. The zero-order valence-corrected chi connectivity index (χ0v) is 16.4. The maximum atomic E-state index is 12.7. The van der Waals surface area contributed by atoms with Crippen LogP contribution >= 0.6 is 0 Å². The van der Waals surface area contributed by atoms with E-state index in [-0.39, 0.29) is 11.8 Å². The molecule has 0 spiro atoms. The summed E-state index contributed by atoms with van der Waals surface area (Å²) in [6.07, 6.45) is 11.6. The van der Waals surface area contributed by atoms with Crippen molar-refractivity contribution < 1.29 is 9.21 Å². The molecule has 2 N–H and O–H groups in total. The van der Waals surface area contributed by atoms with Gasteiger partial charge in [0.15, 0.2) is 5.76 Å². The third-order valence-electron chi connectivity index (χ3n) is 6.17. The standard InChI is InChI=1S/C21H26N6O2/c28-21(23-13-18-24-19(26-25-18)17-7-4-10-29-17)15-8-9-27-16(11-15)12-22-20(27)14-5-2-1-3-6-14/h4,7,10,12,14-15H,1-3,5-6,8-9,11,13H2,(H,23,28)(H,24,25,26)/t15-/m1/s1. The molecule has 3 aromatic rings. The van der Waals surface area contributed by atoms with Crippen molar-refractivity contribution in [2.75, 3.05) is 0 Å². The van der Waals surface area contributed by atoms with E-state index < -0.39 is 0 Å². The fourth-order valence-corrected chi connectivity index (χ4v) is 4.60. The number of H-pyrrole nitrogens is 1. The van der Waals surface area contributed by atoms with Gasteiger partial charge in [-0.2, -0.15) is 0 Å². The van der Waals surface area contributed by atoms with Gasteiger partial charge in [-0.25, -0.2) is 9.97 Å². The second kappa shape index (κ2) is 7.85. The summed E-state index contributed by atoms with van der Waals surface area (Å²) in [7, 11) is 0. The van der Waals surface area contributed by atoms with E-state index in [4.69, 9.17) is 9.40 Å². The van der Waals surface area contributed by atoms with Crippen molar-refractivity contribution in [3.63, 3.8) is 0 Å². The second-order valence-electron chi connectivity index (χ2n) is 8.08. The number of amides is 1. The molecule has 4 heterocycles. The Morgan fingerprint density at radius 1 is 1.28 bits per heavy atom. The van der Waals surface area contributed by atoms with E-state index in [9.17, 15) is 4.79 Å². The van der Waals surface area contributed by atoms with Crippen molar-refractivity contribution in [1.82, 2.24) is 30.0 Å². The lowest BCUT2D eigenvalue weighted by atomic mass is 9.88. The van der Waals surface area contributed by atoms with Gasteiger partial charge in [-0.05, 0) is 31.4 Å². The number of fused-ring (bicyclic) bond motifs is 1. The third-order valence-corrected chi connectivity index (χ3v) is 6.17. The van der Waals surface area contributed by atoms with Crippen LogP contribution in [0.5, 0.6) is 0 Å². The normalized spacial score (nSPS) is 19.8. The average molecular weight is 394 g/mol. The molecule has 0 radical (unpaired) electrons. The minimum absolute atomic E-state index is 0.0223. The molecular weight excluding hydrogens is 368 g/mol. The van der Waals surface area contributed by atoms with Gasteiger partial charge in [0.25, 0.3) is 0 Å². The van der Waals surface area contributed by atoms with Gasteiger partial charge in [-0.1, -0.05) is 19.3 Å². The first-order valence-electron chi connectivity index (χ1n) is 10.5. The van der Waals surface area contributed by atoms with E-state index in [1.165, 1.54) is 43.6 Å². The summed E-state index contributed by atoms with van der Waals surface area (Å²) < 4.78 is 7.66. The number of nitrogens with one attached hydrogen (secondary N) is 2. The molecule has 0 aromatic carbocycles. The van der Waals surface area contributed by atoms with Crippen LogP contribution < -0.4 is 5.32 Å². The summed E-state index contributed by atoms with van der Waals surface area (Å²) in [5, 5.41) is 9.99. The molecule has 8 heteroatoms. The van der Waals surface area contributed by atoms with E-state index in [0.29, 0.717) is 29.9 Å². The van der Waals surface area contributed by atoms with Crippen LogP contribution in [0.2, 0.25) is 0 Å². The molecule has 152 valence electrons. The largest absolute Gasteiger partial charge is 0.461 e. The van der Waals surface area contributed by atoms with E-state index >= 15 is 0 Å². The lowest BCUT2D eigenvalue weighted by molar-refractivity contribution is -0.125. The first-order chi connectivity index (χ1) is 14.3. The van der Waals surface area contributed by atoms with Crippen LogP contribution in [-0.4, -0.2) is 30.6 Å². The number of hydrogen-bond acceptors (Lipinski definition) is 5. The predicted molar refractivity (Wildman–Crippen MR) is 106 cm³/mol. The van der Waals surface area contributed by atoms with Crippen LogP contribution in [0, 0.1) is 5.92 Å². The zero-order valence-electron chi connectivity index (χ0n) is 16.4. The van der Waals surface area contributed by atoms with Crippen molar-refractivity contribution >= 4 is 5.91 Å². The molecule has 5 rings (SSSR count). The van der Waals surface area contributed by atoms with Crippen molar-refractivity contribution in [1.29, 1.82) is 0 Å². The van der Waals surface area contributed by atoms with Crippen molar-refractivity contribution in [3.8, 4) is 11.6 Å². The van der Waals surface area contributed by atoms with Crippen molar-refractivity contribution in [2.45, 2.75) is 64.0 Å². The van der Waals surface area contributed by atoms with Crippen molar-refractivity contribution in [3.05, 3.63) is 41.9 Å². The molecule has 1 fully saturated rings. The highest BCUT2D eigenvalue weighted by Gasteiger charge is 2.29. The van der Waals surface area contributed by atoms with Crippen LogP contribution in [0.4, 0.5) is 0 Å². The highest BCUT2D eigenvalue weighted by atomic mass is 16.3. The van der Waals surface area contributed by atoms with Crippen LogP contribution in [0.25, 0.3) is 11.6 Å². The monoisotopic (exact) mass is 394 g/mol. The SMILES string of the molecule is O=C(NCc1nc(-c2ccco2)n[nH]1)[C@@H]1CCn2c(cnc2C2CCCCC2)C1. The first-order valence-corrected chi connectivity index (χ1v) is 10.5. The summed E-state index contributed by atoms with van der Waals surface area (Å²) in [5.74, 6) is 3.59. The lowest BCUT2D eigenvalue weighted by Gasteiger charge is -2.27. The quantitative estimate of drug-likeness (QED) is 0.692. The molecule has 1 aliphatic carbocycles. The number of aromatic amines is 1. The summed E-state index contributed by atoms with van der Waals surface area (Å²) >= 11 is 0. The average Bonchev–Trinajstić information content (AvgIpc) is 3.52. The Bertz CT molecular complexity index is 967. The number of carbonyl (C=O) groups excluding carboxylic acids is 1. The Morgan fingerprint density at radius 3 is 3.00 bits per heavy atom. The van der Waals surface area contributed by atoms with Gasteiger partial charge < -0.3 is 14.3 Å². The minimum Gasteiger partial charge on any atom is -0.461 e. The molecule has 8 nitrogen and oxygen atoms in total. The molecule has 1 aliphatic heterocycles. The molecule has 2 aliphatic rings. The van der Waals surface area contributed by atoms with Gasteiger partial charge in [0.1, 0.15) is 11.6 Å². The van der Waals surface area contributed by atoms with Crippen molar-refractivity contribution in [2.24, 2.45) is 5.92 Å². The Morgan fingerprint density at radius 2 is 2.17 bits per heavy atom. The fourth-order valence-electron chi connectivity index (χ4n) is 4.60. The topological polar surface area (TPSA) is 102 Å². The third kappa shape index (κ3) is 3.71. The summed E-state index contributed by atoms with van der Waals surface area (Å²) in [4.78, 5) is 21.8.